The normalized spacial score (nSPS) is 13.3. The molecule has 0 unspecified atom stereocenters. The smallest absolute Gasteiger partial charge is 0.164 e. The van der Waals surface area contributed by atoms with Gasteiger partial charge in [0.25, 0.3) is 0 Å². The fourth-order valence-corrected chi connectivity index (χ4v) is 5.99. The molecule has 0 aliphatic rings. The number of aromatic nitrogens is 3. The molecule has 0 aliphatic carbocycles. The fourth-order valence-electron chi connectivity index (χ4n) is 5.99. The Morgan fingerprint density at radius 2 is 0.878 bits per heavy atom. The summed E-state index contributed by atoms with van der Waals surface area (Å²) in [5.41, 5.74) is 7.15. The lowest BCUT2D eigenvalue weighted by atomic mass is 10.0. The van der Waals surface area contributed by atoms with Crippen molar-refractivity contribution in [2.24, 2.45) is 0 Å². The molecule has 0 amide bonds. The molecule has 0 bridgehead atoms. The van der Waals surface area contributed by atoms with Gasteiger partial charge in [0.15, 0.2) is 17.5 Å². The molecule has 4 nitrogen and oxygen atoms in total. The standard InChI is InChI=1S/C45H29N3O/c1-3-11-30(12-4-1)32-21-25-34(26-22-32)43-46-44(48-45(47-43)37-16-9-15-36(29-37)31-13-5-2-6-14-31)35-27-23-33(24-28-35)38-18-10-19-40-39-17-7-8-20-41(39)49-42(38)40/h1-29H/i7D,8D,10D,17D,18D,19D,20D. The minimum atomic E-state index is -0.466. The maximum Gasteiger partial charge on any atom is 0.164 e. The zero-order chi connectivity index (χ0) is 38.7. The van der Waals surface area contributed by atoms with E-state index in [0.29, 0.717) is 28.6 Å². The predicted octanol–water partition coefficient (Wildman–Crippen LogP) is 11.8. The van der Waals surface area contributed by atoms with Gasteiger partial charge in [-0.3, -0.25) is 0 Å². The van der Waals surface area contributed by atoms with E-state index in [-0.39, 0.29) is 57.7 Å². The molecule has 7 aromatic carbocycles. The number of nitrogens with zero attached hydrogens (tertiary/aromatic N) is 3. The predicted molar refractivity (Wildman–Crippen MR) is 200 cm³/mol. The number of furan rings is 1. The van der Waals surface area contributed by atoms with E-state index in [0.717, 1.165) is 33.4 Å². The Balaban J connectivity index is 1.18. The van der Waals surface area contributed by atoms with E-state index in [2.05, 4.69) is 30.3 Å². The van der Waals surface area contributed by atoms with Crippen molar-refractivity contribution >= 4 is 21.9 Å². The van der Waals surface area contributed by atoms with Crippen molar-refractivity contribution in [3.05, 3.63) is 176 Å². The van der Waals surface area contributed by atoms with Crippen molar-refractivity contribution in [3.8, 4) is 67.5 Å². The van der Waals surface area contributed by atoms with Crippen LogP contribution in [0.2, 0.25) is 0 Å². The summed E-state index contributed by atoms with van der Waals surface area (Å²) >= 11 is 0. The van der Waals surface area contributed by atoms with Crippen LogP contribution in [-0.2, 0) is 0 Å². The zero-order valence-corrected chi connectivity index (χ0v) is 26.0. The van der Waals surface area contributed by atoms with E-state index in [9.17, 15) is 0 Å². The lowest BCUT2D eigenvalue weighted by Crippen LogP contribution is -2.00. The highest BCUT2D eigenvalue weighted by molar-refractivity contribution is 6.09. The molecule has 0 saturated carbocycles. The third-order valence-electron chi connectivity index (χ3n) is 8.48. The number of hydrogen-bond acceptors (Lipinski definition) is 4. The molecule has 9 aromatic rings. The molecule has 0 N–H and O–H groups in total. The Hall–Kier alpha value is -6.65. The van der Waals surface area contributed by atoms with Crippen LogP contribution in [0.1, 0.15) is 9.60 Å². The van der Waals surface area contributed by atoms with E-state index in [1.807, 2.05) is 78.9 Å². The second kappa shape index (κ2) is 12.2. The van der Waals surface area contributed by atoms with Gasteiger partial charge < -0.3 is 4.42 Å². The molecule has 230 valence electrons. The maximum absolute atomic E-state index is 8.87. The molecular weight excluding hydrogens is 599 g/mol. The minimum absolute atomic E-state index is 0.0146. The van der Waals surface area contributed by atoms with Crippen molar-refractivity contribution in [2.75, 3.05) is 0 Å². The summed E-state index contributed by atoms with van der Waals surface area (Å²) in [4.78, 5) is 14.8. The van der Waals surface area contributed by atoms with Crippen LogP contribution < -0.4 is 0 Å². The molecule has 0 radical (unpaired) electrons. The van der Waals surface area contributed by atoms with Crippen LogP contribution in [0.25, 0.3) is 89.5 Å². The van der Waals surface area contributed by atoms with Crippen LogP contribution in [0.15, 0.2) is 180 Å². The van der Waals surface area contributed by atoms with Crippen LogP contribution in [-0.4, -0.2) is 15.0 Å². The molecule has 0 aliphatic heterocycles. The fraction of sp³-hybridized carbons (Fsp3) is 0. The summed E-state index contributed by atoms with van der Waals surface area (Å²) in [6.07, 6.45) is 0. The first-order chi connectivity index (χ1) is 27.2. The topological polar surface area (TPSA) is 51.8 Å². The van der Waals surface area contributed by atoms with Crippen LogP contribution in [0, 0.1) is 0 Å². The molecule has 0 atom stereocenters. The number of benzene rings is 7. The van der Waals surface area contributed by atoms with Gasteiger partial charge in [0, 0.05) is 33.0 Å². The Labute approximate surface area is 293 Å². The van der Waals surface area contributed by atoms with E-state index in [4.69, 9.17) is 29.0 Å². The second-order valence-electron chi connectivity index (χ2n) is 11.5. The van der Waals surface area contributed by atoms with E-state index >= 15 is 0 Å². The van der Waals surface area contributed by atoms with E-state index < -0.39 is 12.1 Å². The number of rotatable bonds is 6. The molecule has 4 heteroatoms. The van der Waals surface area contributed by atoms with Crippen molar-refractivity contribution in [3.63, 3.8) is 0 Å². The van der Waals surface area contributed by atoms with Crippen molar-refractivity contribution < 1.29 is 14.0 Å². The molecule has 2 heterocycles. The summed E-state index contributed by atoms with van der Waals surface area (Å²) in [7, 11) is 0. The summed E-state index contributed by atoms with van der Waals surface area (Å²) < 4.78 is 65.6. The van der Waals surface area contributed by atoms with Gasteiger partial charge in [0.05, 0.1) is 9.60 Å². The van der Waals surface area contributed by atoms with Gasteiger partial charge in [0.1, 0.15) is 11.2 Å². The van der Waals surface area contributed by atoms with Crippen LogP contribution >= 0.6 is 0 Å². The van der Waals surface area contributed by atoms with E-state index in [1.165, 1.54) is 0 Å². The number of hydrogen-bond donors (Lipinski definition) is 0. The van der Waals surface area contributed by atoms with Crippen LogP contribution in [0.3, 0.4) is 0 Å². The number of fused-ring (bicyclic) bond motifs is 3. The number of para-hydroxylation sites is 2. The SMILES string of the molecule is [2H]c1c([2H])c([2H])c2c(oc3c(-c4ccc(-c5nc(-c6ccc(-c7ccccc7)cc6)nc(-c6cccc(-c7ccccc7)c6)n5)cc4)c([2H])c([2H])c([2H])c32)c1[2H]. The third kappa shape index (κ3) is 5.45. The van der Waals surface area contributed by atoms with Crippen molar-refractivity contribution in [1.82, 2.24) is 15.0 Å². The monoisotopic (exact) mass is 634 g/mol. The molecule has 0 saturated heterocycles. The highest BCUT2D eigenvalue weighted by atomic mass is 16.3. The molecule has 0 spiro atoms. The van der Waals surface area contributed by atoms with Crippen LogP contribution in [0.5, 0.6) is 0 Å². The van der Waals surface area contributed by atoms with Gasteiger partial charge in [-0.25, -0.2) is 15.0 Å². The van der Waals surface area contributed by atoms with Gasteiger partial charge in [-0.15, -0.1) is 0 Å². The largest absolute Gasteiger partial charge is 0.455 e. The molecule has 2 aromatic heterocycles. The Kier molecular flexibility index (Phi) is 5.47. The molecule has 0 fully saturated rings. The first-order valence-electron chi connectivity index (χ1n) is 19.3. The molecule has 49 heavy (non-hydrogen) atoms. The zero-order valence-electron chi connectivity index (χ0n) is 33.0. The average Bonchev–Trinajstić information content (AvgIpc) is 3.65. The first kappa shape index (κ1) is 22.0. The Bertz CT molecular complexity index is 2970. The lowest BCUT2D eigenvalue weighted by Gasteiger charge is -2.11. The summed E-state index contributed by atoms with van der Waals surface area (Å²) in [6, 6.07) is 40.8. The van der Waals surface area contributed by atoms with Gasteiger partial charge in [-0.1, -0.05) is 164 Å². The average molecular weight is 635 g/mol. The van der Waals surface area contributed by atoms with Crippen molar-refractivity contribution in [2.45, 2.75) is 0 Å². The van der Waals surface area contributed by atoms with Gasteiger partial charge in [-0.2, -0.15) is 0 Å². The summed E-state index contributed by atoms with van der Waals surface area (Å²) in [5.74, 6) is 1.39. The van der Waals surface area contributed by atoms with Gasteiger partial charge >= 0.3 is 0 Å². The third-order valence-corrected chi connectivity index (χ3v) is 8.48. The van der Waals surface area contributed by atoms with Crippen molar-refractivity contribution in [1.29, 1.82) is 0 Å². The van der Waals surface area contributed by atoms with Gasteiger partial charge in [0.2, 0.25) is 0 Å². The summed E-state index contributed by atoms with van der Waals surface area (Å²) in [6.45, 7) is 0. The van der Waals surface area contributed by atoms with E-state index in [1.54, 1.807) is 24.3 Å². The minimum Gasteiger partial charge on any atom is -0.455 e. The second-order valence-corrected chi connectivity index (χ2v) is 11.5. The Morgan fingerprint density at radius 1 is 0.388 bits per heavy atom. The first-order valence-corrected chi connectivity index (χ1v) is 15.8. The highest BCUT2D eigenvalue weighted by Crippen LogP contribution is 2.36. The van der Waals surface area contributed by atoms with Gasteiger partial charge in [-0.05, 0) is 39.9 Å². The maximum atomic E-state index is 8.87. The van der Waals surface area contributed by atoms with Crippen LogP contribution in [0.4, 0.5) is 0 Å². The highest BCUT2D eigenvalue weighted by Gasteiger charge is 2.15. The quantitative estimate of drug-likeness (QED) is 0.183. The summed E-state index contributed by atoms with van der Waals surface area (Å²) in [5, 5.41) is 0.0793. The Morgan fingerprint density at radius 3 is 1.55 bits per heavy atom. The lowest BCUT2D eigenvalue weighted by molar-refractivity contribution is 0.670. The molecule has 9 rings (SSSR count). The molecular formula is C45H29N3O.